The van der Waals surface area contributed by atoms with Gasteiger partial charge < -0.3 is 5.32 Å². The molecule has 0 atom stereocenters. The van der Waals surface area contributed by atoms with Gasteiger partial charge in [-0.1, -0.05) is 11.6 Å². The molecule has 0 spiro atoms. The zero-order valence-corrected chi connectivity index (χ0v) is 13.5. The van der Waals surface area contributed by atoms with E-state index in [0.717, 1.165) is 11.4 Å². The molecule has 8 nitrogen and oxygen atoms in total. The lowest BCUT2D eigenvalue weighted by molar-refractivity contribution is 0.101. The normalized spacial score (nSPS) is 10.8. The molecule has 0 radical (unpaired) electrons. The van der Waals surface area contributed by atoms with Crippen LogP contribution in [0.5, 0.6) is 0 Å². The van der Waals surface area contributed by atoms with Crippen LogP contribution in [0.4, 0.5) is 5.82 Å². The van der Waals surface area contributed by atoms with E-state index in [1.165, 1.54) is 17.1 Å². The highest BCUT2D eigenvalue weighted by Crippen LogP contribution is 2.18. The van der Waals surface area contributed by atoms with E-state index in [1.807, 2.05) is 20.0 Å². The van der Waals surface area contributed by atoms with Gasteiger partial charge in [0, 0.05) is 14.1 Å². The smallest absolute Gasteiger partial charge is 0.276 e. The first-order valence-corrected chi connectivity index (χ1v) is 7.15. The highest BCUT2D eigenvalue weighted by molar-refractivity contribution is 6.34. The Hall–Kier alpha value is -2.74. The van der Waals surface area contributed by atoms with Crippen LogP contribution in [0.25, 0.3) is 11.4 Å². The number of halogens is 1. The first-order chi connectivity index (χ1) is 11.0. The molecular formula is C14H14ClN7O. The number of amides is 1. The Bertz CT molecular complexity index is 846. The second kappa shape index (κ2) is 5.81. The van der Waals surface area contributed by atoms with Gasteiger partial charge in [-0.2, -0.15) is 10.2 Å². The van der Waals surface area contributed by atoms with Gasteiger partial charge in [0.15, 0.2) is 5.82 Å². The molecule has 0 saturated heterocycles. The topological polar surface area (TPSA) is 90.5 Å². The van der Waals surface area contributed by atoms with Gasteiger partial charge in [-0.25, -0.2) is 9.97 Å². The fraction of sp³-hybridized carbons (Fsp3) is 0.214. The quantitative estimate of drug-likeness (QED) is 0.790. The Labute approximate surface area is 137 Å². The van der Waals surface area contributed by atoms with Crippen LogP contribution in [-0.2, 0) is 14.1 Å². The van der Waals surface area contributed by atoms with E-state index < -0.39 is 5.91 Å². The summed E-state index contributed by atoms with van der Waals surface area (Å²) in [7, 11) is 3.48. The number of nitrogens with one attached hydrogen (secondary N) is 1. The number of carbonyl (C=O) groups excluding carboxylic acids is 1. The highest BCUT2D eigenvalue weighted by Gasteiger charge is 2.16. The monoisotopic (exact) mass is 331 g/mol. The Morgan fingerprint density at radius 2 is 1.96 bits per heavy atom. The summed E-state index contributed by atoms with van der Waals surface area (Å²) in [5, 5.41) is 11.1. The summed E-state index contributed by atoms with van der Waals surface area (Å²) in [6, 6.07) is 1.91. The lowest BCUT2D eigenvalue weighted by Crippen LogP contribution is -2.17. The molecule has 0 saturated carbocycles. The van der Waals surface area contributed by atoms with Crippen molar-refractivity contribution in [3.8, 4) is 11.4 Å². The summed E-state index contributed by atoms with van der Waals surface area (Å²) < 4.78 is 3.13. The van der Waals surface area contributed by atoms with Gasteiger partial charge in [-0.05, 0) is 13.0 Å². The van der Waals surface area contributed by atoms with Crippen molar-refractivity contribution in [2.24, 2.45) is 14.1 Å². The zero-order chi connectivity index (χ0) is 16.6. The number of aromatic nitrogens is 6. The van der Waals surface area contributed by atoms with Crippen LogP contribution in [0.2, 0.25) is 5.02 Å². The summed E-state index contributed by atoms with van der Waals surface area (Å²) in [4.78, 5) is 20.7. The fourth-order valence-corrected chi connectivity index (χ4v) is 2.47. The number of nitrogens with zero attached hydrogens (tertiary/aromatic N) is 6. The average molecular weight is 332 g/mol. The van der Waals surface area contributed by atoms with Gasteiger partial charge in [0.05, 0.1) is 35.0 Å². The van der Waals surface area contributed by atoms with Crippen LogP contribution < -0.4 is 5.32 Å². The van der Waals surface area contributed by atoms with Crippen LogP contribution in [0, 0.1) is 6.92 Å². The number of carbonyl (C=O) groups is 1. The average Bonchev–Trinajstić information content (AvgIpc) is 3.01. The van der Waals surface area contributed by atoms with E-state index in [1.54, 1.807) is 17.9 Å². The third-order valence-corrected chi connectivity index (χ3v) is 3.54. The van der Waals surface area contributed by atoms with E-state index in [4.69, 9.17) is 11.6 Å². The van der Waals surface area contributed by atoms with E-state index in [-0.39, 0.29) is 10.7 Å². The molecule has 3 rings (SSSR count). The number of hydrogen-bond acceptors (Lipinski definition) is 5. The van der Waals surface area contributed by atoms with Crippen molar-refractivity contribution in [1.29, 1.82) is 0 Å². The van der Waals surface area contributed by atoms with Crippen molar-refractivity contribution >= 4 is 23.3 Å². The van der Waals surface area contributed by atoms with Crippen molar-refractivity contribution in [2.75, 3.05) is 5.32 Å². The fourth-order valence-electron chi connectivity index (χ4n) is 2.22. The van der Waals surface area contributed by atoms with Crippen molar-refractivity contribution < 1.29 is 4.79 Å². The molecule has 1 N–H and O–H groups in total. The van der Waals surface area contributed by atoms with E-state index in [9.17, 15) is 4.79 Å². The molecule has 3 heterocycles. The van der Waals surface area contributed by atoms with Crippen LogP contribution in [0.3, 0.4) is 0 Å². The Morgan fingerprint density at radius 1 is 1.17 bits per heavy atom. The maximum Gasteiger partial charge on any atom is 0.276 e. The van der Waals surface area contributed by atoms with Gasteiger partial charge >= 0.3 is 0 Å². The van der Waals surface area contributed by atoms with Crippen LogP contribution in [0.15, 0.2) is 24.7 Å². The minimum Gasteiger partial charge on any atom is -0.304 e. The maximum atomic E-state index is 12.2. The molecule has 0 aliphatic carbocycles. The summed E-state index contributed by atoms with van der Waals surface area (Å²) in [6.45, 7) is 1.91. The van der Waals surface area contributed by atoms with Gasteiger partial charge in [0.25, 0.3) is 5.91 Å². The van der Waals surface area contributed by atoms with E-state index >= 15 is 0 Å². The second-order valence-electron chi connectivity index (χ2n) is 5.00. The standard InChI is InChI=1S/C14H14ClN7O/c1-8-4-11(21(2)20-8)10-6-17-12(7-16-10)19-14(23)13-9(15)5-18-22(13)3/h4-7H,1-3H3,(H,17,19,23). The molecule has 3 aromatic heterocycles. The third-order valence-electron chi connectivity index (χ3n) is 3.27. The lowest BCUT2D eigenvalue weighted by Gasteiger charge is -2.06. The van der Waals surface area contributed by atoms with E-state index in [0.29, 0.717) is 11.5 Å². The zero-order valence-electron chi connectivity index (χ0n) is 12.8. The SMILES string of the molecule is Cc1cc(-c2cnc(NC(=O)c3c(Cl)cnn3C)cn2)n(C)n1. The van der Waals surface area contributed by atoms with Crippen LogP contribution >= 0.6 is 11.6 Å². The molecule has 23 heavy (non-hydrogen) atoms. The van der Waals surface area contributed by atoms with Gasteiger partial charge in [0.1, 0.15) is 11.4 Å². The van der Waals surface area contributed by atoms with Gasteiger partial charge in [-0.15, -0.1) is 0 Å². The van der Waals surface area contributed by atoms with Crippen LogP contribution in [0.1, 0.15) is 16.2 Å². The summed E-state index contributed by atoms with van der Waals surface area (Å²) in [5.41, 5.74) is 2.68. The molecule has 0 aliphatic rings. The Kier molecular flexibility index (Phi) is 3.83. The van der Waals surface area contributed by atoms with Gasteiger partial charge in [0.2, 0.25) is 0 Å². The molecule has 0 unspecified atom stereocenters. The molecule has 9 heteroatoms. The lowest BCUT2D eigenvalue weighted by atomic mass is 10.3. The minimum atomic E-state index is -0.395. The highest BCUT2D eigenvalue weighted by atomic mass is 35.5. The number of anilines is 1. The number of aryl methyl sites for hydroxylation is 3. The summed E-state index contributed by atoms with van der Waals surface area (Å²) >= 11 is 5.94. The van der Waals surface area contributed by atoms with Gasteiger partial charge in [-0.3, -0.25) is 14.2 Å². The molecule has 1 amide bonds. The van der Waals surface area contributed by atoms with Crippen molar-refractivity contribution in [1.82, 2.24) is 29.5 Å². The molecular weight excluding hydrogens is 318 g/mol. The maximum absolute atomic E-state index is 12.2. The molecule has 0 aromatic carbocycles. The Balaban J connectivity index is 1.80. The number of rotatable bonds is 3. The molecule has 3 aromatic rings. The second-order valence-corrected chi connectivity index (χ2v) is 5.41. The van der Waals surface area contributed by atoms with Crippen molar-refractivity contribution in [2.45, 2.75) is 6.92 Å². The molecule has 0 aliphatic heterocycles. The molecule has 0 bridgehead atoms. The number of hydrogen-bond donors (Lipinski definition) is 1. The first kappa shape index (κ1) is 15.2. The molecule has 0 fully saturated rings. The van der Waals surface area contributed by atoms with Crippen molar-refractivity contribution in [3.05, 3.63) is 41.1 Å². The summed E-state index contributed by atoms with van der Waals surface area (Å²) in [5.74, 6) is -0.0664. The predicted molar refractivity (Wildman–Crippen MR) is 85.1 cm³/mol. The largest absolute Gasteiger partial charge is 0.304 e. The van der Waals surface area contributed by atoms with E-state index in [2.05, 4.69) is 25.5 Å². The van der Waals surface area contributed by atoms with Crippen molar-refractivity contribution in [3.63, 3.8) is 0 Å². The Morgan fingerprint density at radius 3 is 2.48 bits per heavy atom. The van der Waals surface area contributed by atoms with Crippen LogP contribution in [-0.4, -0.2) is 35.4 Å². The summed E-state index contributed by atoms with van der Waals surface area (Å²) in [6.07, 6.45) is 4.48. The third kappa shape index (κ3) is 2.93. The predicted octanol–water partition coefficient (Wildman–Crippen LogP) is 1.82. The first-order valence-electron chi connectivity index (χ1n) is 6.77. The minimum absolute atomic E-state index is 0.264. The molecule has 118 valence electrons.